The normalized spacial score (nSPS) is 10.2. The quantitative estimate of drug-likeness (QED) is 0.842. The lowest BCUT2D eigenvalue weighted by molar-refractivity contribution is -0.136. The summed E-state index contributed by atoms with van der Waals surface area (Å²) in [5.41, 5.74) is 2.13. The van der Waals surface area contributed by atoms with Crippen molar-refractivity contribution < 1.29 is 14.7 Å². The molecular weight excluding hydrogens is 260 g/mol. The van der Waals surface area contributed by atoms with Gasteiger partial charge in [0, 0.05) is 11.9 Å². The van der Waals surface area contributed by atoms with E-state index in [4.69, 9.17) is 5.11 Å². The van der Waals surface area contributed by atoms with E-state index in [2.05, 4.69) is 15.6 Å². The van der Waals surface area contributed by atoms with Crippen LogP contribution in [0, 0.1) is 6.92 Å². The average Bonchev–Trinajstić information content (AvgIpc) is 2.78. The van der Waals surface area contributed by atoms with Crippen molar-refractivity contribution in [2.24, 2.45) is 0 Å². The standard InChI is InChI=1S/C13H14N4O3/c1-9-2-4-10(5-3-9)14-12(18)8-17-7-11(15-16-17)6-13(19)20/h2-5,7H,6,8H2,1H3,(H,14,18)(H,19,20). The topological polar surface area (TPSA) is 97.1 Å². The Morgan fingerprint density at radius 1 is 1.30 bits per heavy atom. The molecule has 7 heteroatoms. The van der Waals surface area contributed by atoms with Crippen LogP contribution in [0.4, 0.5) is 5.69 Å². The molecular formula is C13H14N4O3. The van der Waals surface area contributed by atoms with Crippen molar-refractivity contribution in [3.05, 3.63) is 41.7 Å². The molecule has 0 fully saturated rings. The van der Waals surface area contributed by atoms with Crippen LogP contribution < -0.4 is 5.32 Å². The van der Waals surface area contributed by atoms with Crippen molar-refractivity contribution >= 4 is 17.6 Å². The molecule has 2 rings (SSSR count). The highest BCUT2D eigenvalue weighted by atomic mass is 16.4. The number of benzene rings is 1. The maximum absolute atomic E-state index is 11.8. The van der Waals surface area contributed by atoms with Gasteiger partial charge in [-0.15, -0.1) is 5.10 Å². The zero-order valence-corrected chi connectivity index (χ0v) is 10.9. The SMILES string of the molecule is Cc1ccc(NC(=O)Cn2cc(CC(=O)O)nn2)cc1. The van der Waals surface area contributed by atoms with Gasteiger partial charge < -0.3 is 10.4 Å². The Morgan fingerprint density at radius 2 is 2.00 bits per heavy atom. The number of carboxylic acids is 1. The number of hydrogen-bond donors (Lipinski definition) is 2. The van der Waals surface area contributed by atoms with Crippen molar-refractivity contribution in [2.45, 2.75) is 19.9 Å². The first-order valence-electron chi connectivity index (χ1n) is 6.00. The van der Waals surface area contributed by atoms with Crippen LogP contribution in [-0.4, -0.2) is 32.0 Å². The van der Waals surface area contributed by atoms with Crippen LogP contribution in [0.15, 0.2) is 30.5 Å². The fraction of sp³-hybridized carbons (Fsp3) is 0.231. The van der Waals surface area contributed by atoms with Crippen molar-refractivity contribution in [2.75, 3.05) is 5.32 Å². The summed E-state index contributed by atoms with van der Waals surface area (Å²) in [6.45, 7) is 1.95. The number of aliphatic carboxylic acids is 1. The van der Waals surface area contributed by atoms with Gasteiger partial charge in [0.05, 0.1) is 12.1 Å². The predicted octanol–water partition coefficient (Wildman–Crippen LogP) is 0.852. The Morgan fingerprint density at radius 3 is 2.65 bits per heavy atom. The lowest BCUT2D eigenvalue weighted by Gasteiger charge is -2.05. The third kappa shape index (κ3) is 3.91. The van der Waals surface area contributed by atoms with E-state index in [-0.39, 0.29) is 18.9 Å². The van der Waals surface area contributed by atoms with E-state index in [1.165, 1.54) is 10.9 Å². The zero-order valence-electron chi connectivity index (χ0n) is 10.9. The van der Waals surface area contributed by atoms with Gasteiger partial charge in [0.1, 0.15) is 6.54 Å². The fourth-order valence-electron chi connectivity index (χ4n) is 1.64. The molecule has 0 saturated heterocycles. The van der Waals surface area contributed by atoms with Crippen LogP contribution >= 0.6 is 0 Å². The van der Waals surface area contributed by atoms with E-state index in [0.29, 0.717) is 11.4 Å². The monoisotopic (exact) mass is 274 g/mol. The summed E-state index contributed by atoms with van der Waals surface area (Å²) in [5.74, 6) is -1.23. The molecule has 20 heavy (non-hydrogen) atoms. The number of carbonyl (C=O) groups excluding carboxylic acids is 1. The number of carboxylic acid groups (broad SMARTS) is 1. The molecule has 7 nitrogen and oxygen atoms in total. The molecule has 2 aromatic rings. The summed E-state index contributed by atoms with van der Waals surface area (Å²) in [6, 6.07) is 7.42. The highest BCUT2D eigenvalue weighted by molar-refractivity contribution is 5.90. The van der Waals surface area contributed by atoms with E-state index in [0.717, 1.165) is 5.56 Å². The molecule has 104 valence electrons. The Kier molecular flexibility index (Phi) is 4.09. The van der Waals surface area contributed by atoms with Crippen molar-refractivity contribution in [1.29, 1.82) is 0 Å². The van der Waals surface area contributed by atoms with Crippen LogP contribution in [0.2, 0.25) is 0 Å². The highest BCUT2D eigenvalue weighted by Gasteiger charge is 2.08. The largest absolute Gasteiger partial charge is 0.481 e. The minimum atomic E-state index is -0.985. The third-order valence-corrected chi connectivity index (χ3v) is 2.56. The summed E-state index contributed by atoms with van der Waals surface area (Å²) in [7, 11) is 0. The minimum Gasteiger partial charge on any atom is -0.481 e. The third-order valence-electron chi connectivity index (χ3n) is 2.56. The molecule has 0 spiro atoms. The fourth-order valence-corrected chi connectivity index (χ4v) is 1.64. The lowest BCUT2D eigenvalue weighted by Crippen LogP contribution is -2.19. The van der Waals surface area contributed by atoms with Crippen LogP contribution in [0.25, 0.3) is 0 Å². The van der Waals surface area contributed by atoms with E-state index in [1.807, 2.05) is 31.2 Å². The number of nitrogens with one attached hydrogen (secondary N) is 1. The smallest absolute Gasteiger partial charge is 0.309 e. The van der Waals surface area contributed by atoms with Crippen molar-refractivity contribution in [3.63, 3.8) is 0 Å². The summed E-state index contributed by atoms with van der Waals surface area (Å²) in [6.07, 6.45) is 1.24. The summed E-state index contributed by atoms with van der Waals surface area (Å²) in [5, 5.41) is 18.7. The summed E-state index contributed by atoms with van der Waals surface area (Å²) in [4.78, 5) is 22.3. The maximum Gasteiger partial charge on any atom is 0.309 e. The van der Waals surface area contributed by atoms with Crippen LogP contribution in [0.5, 0.6) is 0 Å². The molecule has 2 N–H and O–H groups in total. The van der Waals surface area contributed by atoms with Gasteiger partial charge in [-0.25, -0.2) is 4.68 Å². The number of aromatic nitrogens is 3. The second kappa shape index (κ2) is 5.96. The zero-order chi connectivity index (χ0) is 14.5. The first kappa shape index (κ1) is 13.7. The number of hydrogen-bond acceptors (Lipinski definition) is 4. The lowest BCUT2D eigenvalue weighted by atomic mass is 10.2. The van der Waals surface area contributed by atoms with E-state index < -0.39 is 5.97 Å². The van der Waals surface area contributed by atoms with Gasteiger partial charge in [-0.2, -0.15) is 0 Å². The molecule has 0 bridgehead atoms. The van der Waals surface area contributed by atoms with Gasteiger partial charge in [0.15, 0.2) is 0 Å². The van der Waals surface area contributed by atoms with Gasteiger partial charge in [-0.3, -0.25) is 9.59 Å². The van der Waals surface area contributed by atoms with Crippen molar-refractivity contribution in [1.82, 2.24) is 15.0 Å². The Bertz CT molecular complexity index is 619. The van der Waals surface area contributed by atoms with Crippen LogP contribution in [0.1, 0.15) is 11.3 Å². The van der Waals surface area contributed by atoms with Crippen molar-refractivity contribution in [3.8, 4) is 0 Å². The van der Waals surface area contributed by atoms with E-state index in [1.54, 1.807) is 0 Å². The summed E-state index contributed by atoms with van der Waals surface area (Å²) < 4.78 is 1.31. The van der Waals surface area contributed by atoms with Gasteiger partial charge in [0.2, 0.25) is 5.91 Å². The number of rotatable bonds is 5. The first-order chi connectivity index (χ1) is 9.52. The number of anilines is 1. The summed E-state index contributed by atoms with van der Waals surface area (Å²) >= 11 is 0. The van der Waals surface area contributed by atoms with Gasteiger partial charge in [0.25, 0.3) is 0 Å². The molecule has 1 amide bonds. The van der Waals surface area contributed by atoms with Crippen LogP contribution in [0.3, 0.4) is 0 Å². The molecule has 0 aliphatic heterocycles. The van der Waals surface area contributed by atoms with Gasteiger partial charge in [-0.05, 0) is 19.1 Å². The molecule has 0 saturated carbocycles. The second-order valence-electron chi connectivity index (χ2n) is 4.39. The Balaban J connectivity index is 1.92. The molecule has 0 aliphatic carbocycles. The second-order valence-corrected chi connectivity index (χ2v) is 4.39. The van der Waals surface area contributed by atoms with Gasteiger partial charge >= 0.3 is 5.97 Å². The molecule has 0 aliphatic rings. The highest BCUT2D eigenvalue weighted by Crippen LogP contribution is 2.08. The number of aryl methyl sites for hydroxylation is 1. The number of amides is 1. The molecule has 0 atom stereocenters. The minimum absolute atomic E-state index is 0.0134. The Labute approximate surface area is 115 Å². The predicted molar refractivity (Wildman–Crippen MR) is 71.2 cm³/mol. The molecule has 1 aromatic carbocycles. The van der Waals surface area contributed by atoms with E-state index >= 15 is 0 Å². The van der Waals surface area contributed by atoms with Gasteiger partial charge in [-0.1, -0.05) is 22.9 Å². The van der Waals surface area contributed by atoms with Crippen LogP contribution in [-0.2, 0) is 22.6 Å². The number of carbonyl (C=O) groups is 2. The maximum atomic E-state index is 11.8. The Hall–Kier alpha value is -2.70. The average molecular weight is 274 g/mol. The molecule has 0 radical (unpaired) electrons. The van der Waals surface area contributed by atoms with E-state index in [9.17, 15) is 9.59 Å². The molecule has 0 unspecified atom stereocenters. The molecule has 1 aromatic heterocycles. The molecule has 1 heterocycles. The number of nitrogens with zero attached hydrogens (tertiary/aromatic N) is 3. The first-order valence-corrected chi connectivity index (χ1v) is 6.00.